The first-order chi connectivity index (χ1) is 24.0. The molecule has 12 nitrogen and oxygen atoms in total. The van der Waals surface area contributed by atoms with Crippen molar-refractivity contribution in [2.75, 3.05) is 19.8 Å². The molecule has 2 aliphatic rings. The standard InChI is InChI=1S/C38H39NO11/c1-25(40)43-24-32-33(46-26(2)41)34(47-27(3)42)35-36(48-32)50-37(4,49-35)44-21-20-28(22-39)23-45-38(29-14-8-5-9-15-29,30-16-10-6-11-17-30)31-18-12-7-13-19-31/h5-20,32-36H,21,23-24H2,1-4H3/b28-20+/t32-,33-,34+,35-,36-,37+/m1/s1. The van der Waals surface area contributed by atoms with Crippen LogP contribution in [0, 0.1) is 11.3 Å². The highest BCUT2D eigenvalue weighted by Crippen LogP contribution is 2.42. The van der Waals surface area contributed by atoms with E-state index in [0.717, 1.165) is 16.7 Å². The Balaban J connectivity index is 1.35. The van der Waals surface area contributed by atoms with Crippen molar-refractivity contribution in [2.24, 2.45) is 0 Å². The first-order valence-electron chi connectivity index (χ1n) is 16.1. The van der Waals surface area contributed by atoms with Gasteiger partial charge in [-0.05, 0) is 22.8 Å². The van der Waals surface area contributed by atoms with E-state index in [4.69, 9.17) is 37.9 Å². The molecule has 2 heterocycles. The molecule has 0 bridgehead atoms. The highest BCUT2D eigenvalue weighted by Gasteiger charge is 2.59. The van der Waals surface area contributed by atoms with Gasteiger partial charge in [0.05, 0.1) is 24.9 Å². The molecule has 2 saturated heterocycles. The summed E-state index contributed by atoms with van der Waals surface area (Å²) in [6.45, 7) is 4.57. The summed E-state index contributed by atoms with van der Waals surface area (Å²) >= 11 is 0. The highest BCUT2D eigenvalue weighted by molar-refractivity contribution is 5.68. The van der Waals surface area contributed by atoms with Crippen LogP contribution in [0.25, 0.3) is 0 Å². The number of rotatable bonds is 13. The quantitative estimate of drug-likeness (QED) is 0.106. The lowest BCUT2D eigenvalue weighted by Gasteiger charge is -2.40. The van der Waals surface area contributed by atoms with Crippen molar-refractivity contribution in [1.29, 1.82) is 5.26 Å². The molecule has 0 aromatic heterocycles. The number of nitrogens with zero attached hydrogens (tertiary/aromatic N) is 1. The van der Waals surface area contributed by atoms with E-state index in [1.54, 1.807) is 6.08 Å². The largest absolute Gasteiger partial charge is 0.463 e. The van der Waals surface area contributed by atoms with Crippen molar-refractivity contribution < 1.29 is 52.3 Å². The molecule has 12 heteroatoms. The predicted molar refractivity (Wildman–Crippen MR) is 176 cm³/mol. The number of hydrogen-bond acceptors (Lipinski definition) is 12. The fraction of sp³-hybridized carbons (Fsp3) is 0.368. The molecule has 50 heavy (non-hydrogen) atoms. The summed E-state index contributed by atoms with van der Waals surface area (Å²) < 4.78 is 46.8. The van der Waals surface area contributed by atoms with Gasteiger partial charge in [-0.3, -0.25) is 19.1 Å². The molecule has 3 aromatic rings. The maximum Gasteiger partial charge on any atom is 0.303 e. The summed E-state index contributed by atoms with van der Waals surface area (Å²) in [6, 6.07) is 31.6. The molecule has 0 radical (unpaired) electrons. The second kappa shape index (κ2) is 16.2. The van der Waals surface area contributed by atoms with Gasteiger partial charge in [-0.15, -0.1) is 0 Å². The normalized spacial score (nSPS) is 24.8. The SMILES string of the molecule is CC(=O)OC[C@H]1O[C@@H]2O[C@@](C)(OC/C=C(\C#N)COC(c3ccccc3)(c3ccccc3)c3ccccc3)O[C@@H]2[C@@H](OC(C)=O)[C@@H]1OC(C)=O. The third-order valence-corrected chi connectivity index (χ3v) is 8.13. The maximum atomic E-state index is 12.1. The molecule has 0 saturated carbocycles. The lowest BCUT2D eigenvalue weighted by Crippen LogP contribution is -2.60. The van der Waals surface area contributed by atoms with E-state index >= 15 is 0 Å². The van der Waals surface area contributed by atoms with E-state index in [2.05, 4.69) is 6.07 Å². The Morgan fingerprint density at radius 1 is 0.800 bits per heavy atom. The number of nitriles is 1. The van der Waals surface area contributed by atoms with Gasteiger partial charge in [-0.25, -0.2) is 0 Å². The maximum absolute atomic E-state index is 12.1. The Morgan fingerprint density at radius 2 is 1.32 bits per heavy atom. The summed E-state index contributed by atoms with van der Waals surface area (Å²) in [6.07, 6.45) is -4.07. The Hall–Kier alpha value is -4.90. The van der Waals surface area contributed by atoms with Crippen LogP contribution in [-0.2, 0) is 57.9 Å². The van der Waals surface area contributed by atoms with E-state index in [-0.39, 0.29) is 25.4 Å². The zero-order valence-electron chi connectivity index (χ0n) is 28.2. The van der Waals surface area contributed by atoms with Crippen molar-refractivity contribution in [2.45, 2.75) is 70.0 Å². The van der Waals surface area contributed by atoms with Crippen LogP contribution in [0.2, 0.25) is 0 Å². The summed E-state index contributed by atoms with van der Waals surface area (Å²) in [5.41, 5.74) is 1.90. The average Bonchev–Trinajstić information content (AvgIpc) is 3.45. The van der Waals surface area contributed by atoms with Crippen molar-refractivity contribution in [3.63, 3.8) is 0 Å². The molecule has 0 spiro atoms. The van der Waals surface area contributed by atoms with Gasteiger partial charge in [0.2, 0.25) is 0 Å². The molecule has 6 atom stereocenters. The molecule has 0 unspecified atom stereocenters. The average molecular weight is 686 g/mol. The number of esters is 3. The Morgan fingerprint density at radius 3 is 1.80 bits per heavy atom. The van der Waals surface area contributed by atoms with Gasteiger partial charge in [-0.2, -0.15) is 5.26 Å². The second-order valence-corrected chi connectivity index (χ2v) is 11.8. The smallest absolute Gasteiger partial charge is 0.303 e. The fourth-order valence-electron chi connectivity index (χ4n) is 6.03. The number of fused-ring (bicyclic) bond motifs is 1. The molecule has 0 amide bonds. The molecule has 3 aromatic carbocycles. The van der Waals surface area contributed by atoms with Gasteiger partial charge in [0.15, 0.2) is 24.6 Å². The van der Waals surface area contributed by atoms with Crippen LogP contribution in [0.4, 0.5) is 0 Å². The van der Waals surface area contributed by atoms with E-state index in [9.17, 15) is 19.6 Å². The first kappa shape index (κ1) is 36.4. The summed E-state index contributed by atoms with van der Waals surface area (Å²) in [4.78, 5) is 35.6. The second-order valence-electron chi connectivity index (χ2n) is 11.8. The van der Waals surface area contributed by atoms with Crippen LogP contribution in [0.5, 0.6) is 0 Å². The zero-order valence-corrected chi connectivity index (χ0v) is 28.2. The molecule has 0 aliphatic carbocycles. The number of hydrogen-bond donors (Lipinski definition) is 0. The third kappa shape index (κ3) is 8.45. The summed E-state index contributed by atoms with van der Waals surface area (Å²) in [7, 11) is 0. The molecule has 5 rings (SSSR count). The van der Waals surface area contributed by atoms with Crippen LogP contribution < -0.4 is 0 Å². The molecule has 2 aliphatic heterocycles. The predicted octanol–water partition coefficient (Wildman–Crippen LogP) is 4.70. The number of ether oxygens (including phenoxy) is 8. The minimum absolute atomic E-state index is 0.0677. The molecular formula is C38H39NO11. The van der Waals surface area contributed by atoms with E-state index in [0.29, 0.717) is 0 Å². The Labute approximate surface area is 290 Å². The summed E-state index contributed by atoms with van der Waals surface area (Å²) in [5, 5.41) is 10.1. The monoisotopic (exact) mass is 685 g/mol. The molecular weight excluding hydrogens is 646 g/mol. The lowest BCUT2D eigenvalue weighted by molar-refractivity contribution is -0.340. The van der Waals surface area contributed by atoms with Crippen LogP contribution in [0.3, 0.4) is 0 Å². The lowest BCUT2D eigenvalue weighted by atomic mass is 9.80. The Kier molecular flexibility index (Phi) is 11.8. The van der Waals surface area contributed by atoms with Crippen LogP contribution in [0.15, 0.2) is 103 Å². The minimum atomic E-state index is -1.73. The Bertz CT molecular complexity index is 1600. The van der Waals surface area contributed by atoms with Gasteiger partial charge >= 0.3 is 17.9 Å². The van der Waals surface area contributed by atoms with Crippen molar-refractivity contribution in [1.82, 2.24) is 0 Å². The van der Waals surface area contributed by atoms with Crippen LogP contribution >= 0.6 is 0 Å². The highest BCUT2D eigenvalue weighted by atomic mass is 16.9. The molecule has 2 fully saturated rings. The molecule has 0 N–H and O–H groups in total. The van der Waals surface area contributed by atoms with E-state index in [1.807, 2.05) is 91.0 Å². The van der Waals surface area contributed by atoms with Crippen molar-refractivity contribution in [3.05, 3.63) is 119 Å². The van der Waals surface area contributed by atoms with Gasteiger partial charge in [0.25, 0.3) is 5.97 Å². The van der Waals surface area contributed by atoms with Gasteiger partial charge in [-0.1, -0.05) is 91.0 Å². The van der Waals surface area contributed by atoms with E-state index in [1.165, 1.54) is 27.7 Å². The van der Waals surface area contributed by atoms with Gasteiger partial charge in [0, 0.05) is 27.7 Å². The number of carbonyl (C=O) groups is 3. The number of benzene rings is 3. The topological polar surface area (TPSA) is 149 Å². The van der Waals surface area contributed by atoms with E-state index < -0.39 is 60.2 Å². The van der Waals surface area contributed by atoms with Crippen LogP contribution in [0.1, 0.15) is 44.4 Å². The fourth-order valence-corrected chi connectivity index (χ4v) is 6.03. The molecule has 262 valence electrons. The van der Waals surface area contributed by atoms with Crippen molar-refractivity contribution in [3.8, 4) is 6.07 Å². The minimum Gasteiger partial charge on any atom is -0.463 e. The third-order valence-electron chi connectivity index (χ3n) is 8.13. The summed E-state index contributed by atoms with van der Waals surface area (Å²) in [5.74, 6) is -3.66. The van der Waals surface area contributed by atoms with Gasteiger partial charge in [0.1, 0.15) is 18.3 Å². The van der Waals surface area contributed by atoms with Crippen molar-refractivity contribution >= 4 is 17.9 Å². The number of carbonyl (C=O) groups excluding carboxylic acids is 3. The first-order valence-corrected chi connectivity index (χ1v) is 16.1. The van der Waals surface area contributed by atoms with Gasteiger partial charge < -0.3 is 33.2 Å². The van der Waals surface area contributed by atoms with Crippen LogP contribution in [-0.4, -0.2) is 74.4 Å². The zero-order chi connectivity index (χ0) is 35.7.